The molecule has 2 atom stereocenters. The van der Waals surface area contributed by atoms with Gasteiger partial charge in [0, 0.05) is 34.0 Å². The summed E-state index contributed by atoms with van der Waals surface area (Å²) >= 11 is 0. The zero-order valence-corrected chi connectivity index (χ0v) is 25.1. The summed E-state index contributed by atoms with van der Waals surface area (Å²) in [6.07, 6.45) is -0.913. The molecular formula is C32H39FN4O6. The average Bonchev–Trinajstić information content (AvgIpc) is 2.97. The van der Waals surface area contributed by atoms with Gasteiger partial charge in [-0.3, -0.25) is 14.4 Å². The number of likely N-dealkylation sites (N-methyl/N-ethyl adjacent to an activating group) is 3. The molecule has 0 saturated heterocycles. The maximum absolute atomic E-state index is 14.1. The van der Waals surface area contributed by atoms with Crippen molar-refractivity contribution in [1.29, 1.82) is 0 Å². The number of ether oxygens (including phenoxy) is 1. The molecule has 4 amide bonds. The van der Waals surface area contributed by atoms with Crippen LogP contribution in [0.1, 0.15) is 25.0 Å². The van der Waals surface area contributed by atoms with Gasteiger partial charge in [0.15, 0.2) is 0 Å². The second kappa shape index (κ2) is 14.6. The molecule has 0 heterocycles. The smallest absolute Gasteiger partial charge is 0.405 e. The van der Waals surface area contributed by atoms with E-state index in [0.717, 1.165) is 16.3 Å². The van der Waals surface area contributed by atoms with E-state index in [1.165, 1.54) is 43.1 Å². The number of carbonyl (C=O) groups is 4. The molecule has 0 bridgehead atoms. The van der Waals surface area contributed by atoms with Crippen molar-refractivity contribution in [1.82, 2.24) is 20.4 Å². The minimum atomic E-state index is -1.22. The Balaban J connectivity index is 1.87. The molecule has 0 radical (unpaired) electrons. The number of fused-ring (bicyclic) bond motifs is 1. The second-order valence-corrected chi connectivity index (χ2v) is 11.1. The Morgan fingerprint density at radius 1 is 0.884 bits per heavy atom. The van der Waals surface area contributed by atoms with E-state index in [1.807, 2.05) is 42.5 Å². The van der Waals surface area contributed by atoms with Crippen molar-refractivity contribution in [3.8, 4) is 0 Å². The van der Waals surface area contributed by atoms with Crippen LogP contribution in [0.2, 0.25) is 0 Å². The third-order valence-corrected chi connectivity index (χ3v) is 7.23. The molecule has 0 aliphatic heterocycles. The maximum atomic E-state index is 14.1. The van der Waals surface area contributed by atoms with E-state index in [-0.39, 0.29) is 26.1 Å². The molecule has 0 unspecified atom stereocenters. The number of nitrogens with zero attached hydrogens (tertiary/aromatic N) is 2. The molecule has 10 nitrogen and oxygen atoms in total. The Labute approximate surface area is 250 Å². The molecule has 0 saturated carbocycles. The summed E-state index contributed by atoms with van der Waals surface area (Å²) in [4.78, 5) is 54.0. The fourth-order valence-electron chi connectivity index (χ4n) is 4.78. The zero-order chi connectivity index (χ0) is 31.7. The first kappa shape index (κ1) is 33.0. The van der Waals surface area contributed by atoms with Crippen molar-refractivity contribution in [3.63, 3.8) is 0 Å². The van der Waals surface area contributed by atoms with E-state index in [0.29, 0.717) is 5.56 Å². The molecule has 0 aliphatic carbocycles. The van der Waals surface area contributed by atoms with E-state index in [4.69, 9.17) is 9.84 Å². The first-order chi connectivity index (χ1) is 20.3. The van der Waals surface area contributed by atoms with Crippen LogP contribution in [0.25, 0.3) is 10.8 Å². The lowest BCUT2D eigenvalue weighted by molar-refractivity contribution is -0.149. The number of nitrogens with one attached hydrogen (secondary N) is 2. The largest absolute Gasteiger partial charge is 0.465 e. The van der Waals surface area contributed by atoms with Crippen molar-refractivity contribution in [3.05, 3.63) is 83.7 Å². The van der Waals surface area contributed by atoms with E-state index in [2.05, 4.69) is 10.6 Å². The summed E-state index contributed by atoms with van der Waals surface area (Å²) in [5.41, 5.74) is 0.538. The first-order valence-electron chi connectivity index (χ1n) is 13.9. The average molecular weight is 595 g/mol. The summed E-state index contributed by atoms with van der Waals surface area (Å²) in [6.45, 7) is 2.78. The highest BCUT2D eigenvalue weighted by molar-refractivity contribution is 5.92. The molecule has 0 aliphatic rings. The summed E-state index contributed by atoms with van der Waals surface area (Å²) < 4.78 is 19.0. The third kappa shape index (κ3) is 9.24. The van der Waals surface area contributed by atoms with E-state index >= 15 is 0 Å². The van der Waals surface area contributed by atoms with Gasteiger partial charge < -0.3 is 30.3 Å². The lowest BCUT2D eigenvalue weighted by Crippen LogP contribution is -2.56. The summed E-state index contributed by atoms with van der Waals surface area (Å²) in [7, 11) is 4.48. The number of hydrogen-bond donors (Lipinski definition) is 3. The molecule has 3 rings (SSSR count). The number of halogens is 1. The highest BCUT2D eigenvalue weighted by atomic mass is 19.1. The fourth-order valence-corrected chi connectivity index (χ4v) is 4.78. The Morgan fingerprint density at radius 2 is 1.49 bits per heavy atom. The summed E-state index contributed by atoms with van der Waals surface area (Å²) in [5, 5.41) is 15.9. The lowest BCUT2D eigenvalue weighted by atomic mass is 9.98. The molecule has 11 heteroatoms. The zero-order valence-electron chi connectivity index (χ0n) is 25.1. The van der Waals surface area contributed by atoms with Crippen LogP contribution in [0.3, 0.4) is 0 Å². The van der Waals surface area contributed by atoms with Crippen molar-refractivity contribution < 1.29 is 33.4 Å². The van der Waals surface area contributed by atoms with Crippen molar-refractivity contribution in [2.24, 2.45) is 0 Å². The van der Waals surface area contributed by atoms with Gasteiger partial charge in [0.1, 0.15) is 24.5 Å². The molecule has 3 aromatic rings. The monoisotopic (exact) mass is 594 g/mol. The fraction of sp³-hybridized carbons (Fsp3) is 0.375. The van der Waals surface area contributed by atoms with Crippen LogP contribution in [0, 0.1) is 5.82 Å². The van der Waals surface area contributed by atoms with Crippen LogP contribution in [-0.2, 0) is 32.0 Å². The predicted octanol–water partition coefficient (Wildman–Crippen LogP) is 3.23. The highest BCUT2D eigenvalue weighted by Crippen LogP contribution is 2.20. The van der Waals surface area contributed by atoms with Gasteiger partial charge in [0.25, 0.3) is 0 Å². The predicted molar refractivity (Wildman–Crippen MR) is 161 cm³/mol. The number of hydrogen-bond acceptors (Lipinski definition) is 5. The number of carbonyl (C=O) groups excluding carboxylic acids is 3. The molecule has 3 aromatic carbocycles. The standard InChI is InChI=1S/C32H39FN4O6/c1-32(2,35-31(41)42)20-43-19-28(38)36(4)27(18-22-10-13-23-8-6-7-9-24(23)16-22)30(40)37(5)26(29(39)34-3)17-21-11-14-25(33)15-12-21/h6-16,26-27,35H,17-20H2,1-5H3,(H,34,39)(H,41,42)/t26-,27-/m1/s1. The Hall–Kier alpha value is -4.51. The van der Waals surface area contributed by atoms with Crippen LogP contribution in [0.15, 0.2) is 66.7 Å². The Bertz CT molecular complexity index is 1450. The topological polar surface area (TPSA) is 128 Å². The minimum absolute atomic E-state index is 0.0709. The third-order valence-electron chi connectivity index (χ3n) is 7.23. The minimum Gasteiger partial charge on any atom is -0.465 e. The first-order valence-corrected chi connectivity index (χ1v) is 13.9. The Kier molecular flexibility index (Phi) is 11.2. The molecule has 0 aromatic heterocycles. The lowest BCUT2D eigenvalue weighted by Gasteiger charge is -2.34. The van der Waals surface area contributed by atoms with Gasteiger partial charge in [-0.05, 0) is 47.9 Å². The van der Waals surface area contributed by atoms with Gasteiger partial charge in [0.05, 0.1) is 12.1 Å². The van der Waals surface area contributed by atoms with Gasteiger partial charge in [-0.25, -0.2) is 9.18 Å². The van der Waals surface area contributed by atoms with Crippen molar-refractivity contribution in [2.75, 3.05) is 34.4 Å². The molecule has 43 heavy (non-hydrogen) atoms. The van der Waals surface area contributed by atoms with E-state index in [1.54, 1.807) is 26.0 Å². The van der Waals surface area contributed by atoms with Crippen LogP contribution < -0.4 is 10.6 Å². The van der Waals surface area contributed by atoms with Gasteiger partial charge in [-0.2, -0.15) is 0 Å². The normalized spacial score (nSPS) is 12.7. The van der Waals surface area contributed by atoms with Crippen molar-refractivity contribution in [2.45, 2.75) is 44.3 Å². The molecule has 3 N–H and O–H groups in total. The molecule has 0 spiro atoms. The van der Waals surface area contributed by atoms with Crippen LogP contribution in [0.5, 0.6) is 0 Å². The number of amides is 4. The number of carboxylic acid groups (broad SMARTS) is 1. The summed E-state index contributed by atoms with van der Waals surface area (Å²) in [5.74, 6) is -1.78. The molecule has 230 valence electrons. The quantitative estimate of drug-likeness (QED) is 0.279. The Morgan fingerprint density at radius 3 is 2.12 bits per heavy atom. The maximum Gasteiger partial charge on any atom is 0.405 e. The molecular weight excluding hydrogens is 555 g/mol. The highest BCUT2D eigenvalue weighted by Gasteiger charge is 2.35. The van der Waals surface area contributed by atoms with E-state index in [9.17, 15) is 23.6 Å². The van der Waals surface area contributed by atoms with E-state index < -0.39 is 47.3 Å². The van der Waals surface area contributed by atoms with Gasteiger partial charge in [-0.15, -0.1) is 0 Å². The van der Waals surface area contributed by atoms with Crippen LogP contribution >= 0.6 is 0 Å². The number of benzene rings is 3. The SMILES string of the molecule is CNC(=O)[C@@H](Cc1ccc(F)cc1)N(C)C(=O)[C@@H](Cc1ccc2ccccc2c1)N(C)C(=O)COCC(C)(C)NC(=O)O. The van der Waals surface area contributed by atoms with Crippen LogP contribution in [0.4, 0.5) is 9.18 Å². The van der Waals surface area contributed by atoms with Gasteiger partial charge in [0.2, 0.25) is 17.7 Å². The van der Waals surface area contributed by atoms with Crippen molar-refractivity contribution >= 4 is 34.6 Å². The van der Waals surface area contributed by atoms with Gasteiger partial charge in [-0.1, -0.05) is 54.6 Å². The molecule has 0 fully saturated rings. The van der Waals surface area contributed by atoms with Crippen LogP contribution in [-0.4, -0.2) is 90.7 Å². The number of rotatable bonds is 13. The van der Waals surface area contributed by atoms with Gasteiger partial charge >= 0.3 is 6.09 Å². The second-order valence-electron chi connectivity index (χ2n) is 11.1. The summed E-state index contributed by atoms with van der Waals surface area (Å²) in [6, 6.07) is 17.4.